The number of hydrogen-bond donors (Lipinski definition) is 1. The summed E-state index contributed by atoms with van der Waals surface area (Å²) in [5.74, 6) is 1.76. The van der Waals surface area contributed by atoms with Crippen LogP contribution in [0.25, 0.3) is 17.3 Å². The van der Waals surface area contributed by atoms with Crippen LogP contribution in [-0.4, -0.2) is 27.3 Å². The summed E-state index contributed by atoms with van der Waals surface area (Å²) in [6, 6.07) is 11.4. The molecule has 0 saturated heterocycles. The molecule has 1 aromatic carbocycles. The minimum Gasteiger partial charge on any atom is -0.462 e. The van der Waals surface area contributed by atoms with Gasteiger partial charge in [-0.25, -0.2) is 4.68 Å². The number of aromatic nitrogens is 3. The second kappa shape index (κ2) is 8.73. The lowest BCUT2D eigenvalue weighted by atomic mass is 10.1. The molecule has 28 heavy (non-hydrogen) atoms. The maximum Gasteiger partial charge on any atom is 0.336 e. The smallest absolute Gasteiger partial charge is 0.336 e. The number of carbonyl (C=O) groups is 1. The van der Waals surface area contributed by atoms with Gasteiger partial charge in [0.25, 0.3) is 0 Å². The van der Waals surface area contributed by atoms with Gasteiger partial charge in [0.2, 0.25) is 11.7 Å². The summed E-state index contributed by atoms with van der Waals surface area (Å²) in [6.45, 7) is 8.67. The van der Waals surface area contributed by atoms with Gasteiger partial charge in [0.1, 0.15) is 0 Å². The molecule has 0 fully saturated rings. The number of anilines is 1. The highest BCUT2D eigenvalue weighted by Crippen LogP contribution is 2.25. The van der Waals surface area contributed by atoms with Crippen molar-refractivity contribution in [2.45, 2.75) is 34.1 Å². The molecule has 1 N–H and O–H groups in total. The van der Waals surface area contributed by atoms with Crippen LogP contribution in [0.1, 0.15) is 34.1 Å². The molecule has 1 amide bonds. The first-order valence-corrected chi connectivity index (χ1v) is 9.46. The first-order valence-electron chi connectivity index (χ1n) is 9.46. The highest BCUT2D eigenvalue weighted by Gasteiger charge is 2.17. The van der Waals surface area contributed by atoms with Gasteiger partial charge in [-0.3, -0.25) is 4.79 Å². The Labute approximate surface area is 164 Å². The third-order valence-corrected chi connectivity index (χ3v) is 3.84. The minimum atomic E-state index is -0.0158. The molecule has 2 heterocycles. The zero-order valence-corrected chi connectivity index (χ0v) is 16.7. The molecular weight excluding hydrogens is 356 g/mol. The van der Waals surface area contributed by atoms with Gasteiger partial charge in [0, 0.05) is 12.1 Å². The van der Waals surface area contributed by atoms with Crippen LogP contribution in [0.4, 0.5) is 5.69 Å². The van der Waals surface area contributed by atoms with Crippen molar-refractivity contribution in [3.05, 3.63) is 42.7 Å². The number of nitrogens with zero attached hydrogens (tertiary/aromatic N) is 3. The fourth-order valence-corrected chi connectivity index (χ4v) is 2.64. The van der Waals surface area contributed by atoms with Crippen LogP contribution in [0.15, 0.2) is 47.1 Å². The fraction of sp³-hybridized carbons (Fsp3) is 0.381. The molecule has 0 radical (unpaired) electrons. The number of furan rings is 1. The number of nitrogens with one attached hydrogen (secondary N) is 1. The summed E-state index contributed by atoms with van der Waals surface area (Å²) in [5.41, 5.74) is 1.45. The van der Waals surface area contributed by atoms with Crippen molar-refractivity contribution in [1.82, 2.24) is 14.8 Å². The van der Waals surface area contributed by atoms with E-state index >= 15 is 0 Å². The number of carbonyl (C=O) groups excluding carboxylic acids is 1. The lowest BCUT2D eigenvalue weighted by Crippen LogP contribution is -2.14. The first-order chi connectivity index (χ1) is 13.4. The van der Waals surface area contributed by atoms with Crippen molar-refractivity contribution in [2.75, 3.05) is 11.9 Å². The number of ether oxygens (including phenoxy) is 1. The van der Waals surface area contributed by atoms with E-state index in [1.54, 1.807) is 17.0 Å². The summed E-state index contributed by atoms with van der Waals surface area (Å²) in [6.07, 6.45) is 2.06. The van der Waals surface area contributed by atoms with Gasteiger partial charge in [-0.05, 0) is 42.2 Å². The topological polar surface area (TPSA) is 82.2 Å². The Hall–Kier alpha value is -3.09. The second-order valence-electron chi connectivity index (χ2n) is 7.51. The third-order valence-electron chi connectivity index (χ3n) is 3.84. The summed E-state index contributed by atoms with van der Waals surface area (Å²) < 4.78 is 12.9. The van der Waals surface area contributed by atoms with Crippen LogP contribution >= 0.6 is 0 Å². The lowest BCUT2D eigenvalue weighted by Gasteiger charge is -2.09. The van der Waals surface area contributed by atoms with Crippen LogP contribution < -0.4 is 10.1 Å². The van der Waals surface area contributed by atoms with Crippen LogP contribution in [0.3, 0.4) is 0 Å². The molecule has 148 valence electrons. The van der Waals surface area contributed by atoms with E-state index in [9.17, 15) is 4.79 Å². The van der Waals surface area contributed by atoms with Crippen LogP contribution in [0.5, 0.6) is 6.01 Å². The molecule has 0 bridgehead atoms. The van der Waals surface area contributed by atoms with E-state index in [2.05, 4.69) is 29.2 Å². The predicted molar refractivity (Wildman–Crippen MR) is 107 cm³/mol. The number of benzene rings is 1. The molecule has 0 aliphatic heterocycles. The molecule has 0 aliphatic carbocycles. The number of amides is 1. The largest absolute Gasteiger partial charge is 0.462 e. The van der Waals surface area contributed by atoms with Crippen molar-refractivity contribution >= 4 is 11.6 Å². The van der Waals surface area contributed by atoms with E-state index in [-0.39, 0.29) is 11.9 Å². The molecule has 0 aliphatic rings. The van der Waals surface area contributed by atoms with E-state index < -0.39 is 0 Å². The zero-order chi connectivity index (χ0) is 20.1. The second-order valence-corrected chi connectivity index (χ2v) is 7.51. The van der Waals surface area contributed by atoms with Crippen molar-refractivity contribution in [3.8, 4) is 23.3 Å². The highest BCUT2D eigenvalue weighted by atomic mass is 16.5. The van der Waals surface area contributed by atoms with Gasteiger partial charge >= 0.3 is 6.01 Å². The molecule has 3 aromatic rings. The van der Waals surface area contributed by atoms with Crippen LogP contribution in [0.2, 0.25) is 0 Å². The normalized spacial score (nSPS) is 11.2. The average molecular weight is 382 g/mol. The van der Waals surface area contributed by atoms with Gasteiger partial charge in [-0.1, -0.05) is 33.8 Å². The zero-order valence-electron chi connectivity index (χ0n) is 16.7. The summed E-state index contributed by atoms with van der Waals surface area (Å²) in [4.78, 5) is 16.6. The van der Waals surface area contributed by atoms with Gasteiger partial charge < -0.3 is 14.5 Å². The Morgan fingerprint density at radius 3 is 2.68 bits per heavy atom. The van der Waals surface area contributed by atoms with Gasteiger partial charge in [-0.2, -0.15) is 4.98 Å². The van der Waals surface area contributed by atoms with Crippen molar-refractivity contribution in [2.24, 2.45) is 11.8 Å². The van der Waals surface area contributed by atoms with Gasteiger partial charge in [0.15, 0.2) is 5.76 Å². The molecule has 0 unspecified atom stereocenters. The Balaban J connectivity index is 1.91. The SMILES string of the molecule is CC(C)COc1nc(-c2ccco2)n(-c2cccc(NC(=O)CC(C)C)c2)n1. The number of rotatable bonds is 8. The van der Waals surface area contributed by atoms with E-state index in [1.807, 2.05) is 44.2 Å². The Kier molecular flexibility index (Phi) is 6.13. The molecule has 0 saturated carbocycles. The Morgan fingerprint density at radius 2 is 2.00 bits per heavy atom. The molecule has 0 spiro atoms. The summed E-state index contributed by atoms with van der Waals surface area (Å²) in [5, 5.41) is 7.42. The van der Waals surface area contributed by atoms with Crippen LogP contribution in [-0.2, 0) is 4.79 Å². The lowest BCUT2D eigenvalue weighted by molar-refractivity contribution is -0.116. The summed E-state index contributed by atoms with van der Waals surface area (Å²) in [7, 11) is 0. The quantitative estimate of drug-likeness (QED) is 0.618. The minimum absolute atomic E-state index is 0.0158. The Bertz CT molecular complexity index is 914. The third kappa shape index (κ3) is 5.00. The van der Waals surface area contributed by atoms with Crippen molar-refractivity contribution in [3.63, 3.8) is 0 Å². The highest BCUT2D eigenvalue weighted by molar-refractivity contribution is 5.91. The van der Waals surface area contributed by atoms with Crippen LogP contribution in [0, 0.1) is 11.8 Å². The molecular formula is C21H26N4O3. The van der Waals surface area contributed by atoms with Crippen molar-refractivity contribution < 1.29 is 13.9 Å². The van der Waals surface area contributed by atoms with E-state index in [4.69, 9.17) is 9.15 Å². The molecule has 7 heteroatoms. The maximum atomic E-state index is 12.1. The van der Waals surface area contributed by atoms with E-state index in [0.29, 0.717) is 42.1 Å². The average Bonchev–Trinajstić information content (AvgIpc) is 3.29. The molecule has 3 rings (SSSR count). The Morgan fingerprint density at radius 1 is 1.18 bits per heavy atom. The van der Waals surface area contributed by atoms with Gasteiger partial charge in [-0.15, -0.1) is 5.10 Å². The van der Waals surface area contributed by atoms with Gasteiger partial charge in [0.05, 0.1) is 18.6 Å². The molecule has 2 aromatic heterocycles. The van der Waals surface area contributed by atoms with E-state index in [1.165, 1.54) is 0 Å². The first kappa shape index (κ1) is 19.7. The van der Waals surface area contributed by atoms with Crippen molar-refractivity contribution in [1.29, 1.82) is 0 Å². The maximum absolute atomic E-state index is 12.1. The predicted octanol–water partition coefficient (Wildman–Crippen LogP) is 4.55. The summed E-state index contributed by atoms with van der Waals surface area (Å²) >= 11 is 0. The standard InChI is InChI=1S/C21H26N4O3/c1-14(2)11-19(26)22-16-7-5-8-17(12-16)25-20(18-9-6-10-27-18)23-21(24-25)28-13-15(3)4/h5-10,12,14-15H,11,13H2,1-4H3,(H,22,26). The fourth-order valence-electron chi connectivity index (χ4n) is 2.64. The molecule has 7 nitrogen and oxygen atoms in total. The monoisotopic (exact) mass is 382 g/mol. The number of hydrogen-bond acceptors (Lipinski definition) is 5. The molecule has 0 atom stereocenters. The van der Waals surface area contributed by atoms with E-state index in [0.717, 1.165) is 5.69 Å².